The standard InChI is InChI=1S/C8H19N3.ClH/c1-9-3-4-11-7-5-10(2)6-8-11;/h9H,3-8H2,1-2H3;1H. The van der Waals surface area contributed by atoms with Crippen molar-refractivity contribution in [2.24, 2.45) is 0 Å². The predicted molar refractivity (Wildman–Crippen MR) is 55.1 cm³/mol. The van der Waals surface area contributed by atoms with Gasteiger partial charge in [0.05, 0.1) is 0 Å². The maximum absolute atomic E-state index is 3.17. The molecule has 0 saturated carbocycles. The molecule has 74 valence electrons. The molecule has 1 saturated heterocycles. The molecule has 1 aliphatic heterocycles. The molecule has 1 N–H and O–H groups in total. The first kappa shape index (κ1) is 12.2. The Labute approximate surface area is 81.5 Å². The molecule has 1 heterocycles. The van der Waals surface area contributed by atoms with E-state index in [2.05, 4.69) is 22.2 Å². The Balaban J connectivity index is 0.00000121. The lowest BCUT2D eigenvalue weighted by atomic mass is 10.3. The summed E-state index contributed by atoms with van der Waals surface area (Å²) in [6.45, 7) is 7.23. The second-order valence-electron chi connectivity index (χ2n) is 3.25. The second kappa shape index (κ2) is 6.66. The van der Waals surface area contributed by atoms with Crippen molar-refractivity contribution >= 4 is 12.4 Å². The Morgan fingerprint density at radius 3 is 2.25 bits per heavy atom. The molecule has 0 atom stereocenters. The summed E-state index contributed by atoms with van der Waals surface area (Å²) < 4.78 is 0. The van der Waals surface area contributed by atoms with E-state index in [0.29, 0.717) is 0 Å². The minimum Gasteiger partial charge on any atom is -0.318 e. The Morgan fingerprint density at radius 1 is 1.17 bits per heavy atom. The smallest absolute Gasteiger partial charge is 0.0110 e. The first-order chi connectivity index (χ1) is 5.33. The van der Waals surface area contributed by atoms with Crippen molar-refractivity contribution in [1.82, 2.24) is 15.1 Å². The molecule has 1 rings (SSSR count). The van der Waals surface area contributed by atoms with Crippen LogP contribution in [-0.2, 0) is 0 Å². The molecule has 0 amide bonds. The van der Waals surface area contributed by atoms with Gasteiger partial charge in [0, 0.05) is 39.3 Å². The Hall–Kier alpha value is 0.170. The van der Waals surface area contributed by atoms with Crippen LogP contribution in [0.2, 0.25) is 0 Å². The number of halogens is 1. The third kappa shape index (κ3) is 4.26. The van der Waals surface area contributed by atoms with Crippen molar-refractivity contribution < 1.29 is 0 Å². The highest BCUT2D eigenvalue weighted by Crippen LogP contribution is 1.96. The van der Waals surface area contributed by atoms with Gasteiger partial charge in [-0.1, -0.05) is 0 Å². The van der Waals surface area contributed by atoms with Crippen LogP contribution >= 0.6 is 12.4 Å². The fourth-order valence-corrected chi connectivity index (χ4v) is 1.34. The fourth-order valence-electron chi connectivity index (χ4n) is 1.34. The molecule has 1 fully saturated rings. The number of hydrogen-bond donors (Lipinski definition) is 1. The average molecular weight is 194 g/mol. The zero-order chi connectivity index (χ0) is 8.10. The van der Waals surface area contributed by atoms with E-state index in [1.165, 1.54) is 32.7 Å². The first-order valence-corrected chi connectivity index (χ1v) is 4.38. The van der Waals surface area contributed by atoms with Gasteiger partial charge >= 0.3 is 0 Å². The Bertz CT molecular complexity index is 99.7. The highest BCUT2D eigenvalue weighted by atomic mass is 35.5. The maximum atomic E-state index is 3.17. The summed E-state index contributed by atoms with van der Waals surface area (Å²) in [5, 5.41) is 3.17. The van der Waals surface area contributed by atoms with Gasteiger partial charge in [0.25, 0.3) is 0 Å². The predicted octanol–water partition coefficient (Wildman–Crippen LogP) is -0.125. The van der Waals surface area contributed by atoms with Gasteiger partial charge in [-0.25, -0.2) is 0 Å². The van der Waals surface area contributed by atoms with E-state index < -0.39 is 0 Å². The molecule has 12 heavy (non-hydrogen) atoms. The van der Waals surface area contributed by atoms with Gasteiger partial charge in [-0.3, -0.25) is 4.90 Å². The van der Waals surface area contributed by atoms with Crippen molar-refractivity contribution in [1.29, 1.82) is 0 Å². The first-order valence-electron chi connectivity index (χ1n) is 4.38. The van der Waals surface area contributed by atoms with Gasteiger partial charge in [0.2, 0.25) is 0 Å². The van der Waals surface area contributed by atoms with Crippen LogP contribution in [0.1, 0.15) is 0 Å². The summed E-state index contributed by atoms with van der Waals surface area (Å²) in [6.07, 6.45) is 0. The van der Waals surface area contributed by atoms with Crippen LogP contribution in [0.4, 0.5) is 0 Å². The molecule has 1 aliphatic rings. The maximum Gasteiger partial charge on any atom is 0.0110 e. The van der Waals surface area contributed by atoms with Crippen LogP contribution in [-0.4, -0.2) is 63.2 Å². The largest absolute Gasteiger partial charge is 0.318 e. The van der Waals surface area contributed by atoms with Crippen molar-refractivity contribution in [2.75, 3.05) is 53.4 Å². The average Bonchev–Trinajstić information content (AvgIpc) is 2.04. The Kier molecular flexibility index (Phi) is 6.76. The van der Waals surface area contributed by atoms with Crippen LogP contribution in [0.5, 0.6) is 0 Å². The van der Waals surface area contributed by atoms with Gasteiger partial charge in [-0.15, -0.1) is 12.4 Å². The zero-order valence-electron chi connectivity index (χ0n) is 8.05. The lowest BCUT2D eigenvalue weighted by molar-refractivity contribution is 0.155. The SMILES string of the molecule is CNCCN1CCN(C)CC1.Cl. The third-order valence-corrected chi connectivity index (χ3v) is 2.27. The Morgan fingerprint density at radius 2 is 1.75 bits per heavy atom. The van der Waals surface area contributed by atoms with Gasteiger partial charge in [-0.05, 0) is 14.1 Å². The monoisotopic (exact) mass is 193 g/mol. The highest BCUT2D eigenvalue weighted by molar-refractivity contribution is 5.85. The second-order valence-corrected chi connectivity index (χ2v) is 3.25. The molecular formula is C8H20ClN3. The van der Waals surface area contributed by atoms with E-state index in [4.69, 9.17) is 0 Å². The van der Waals surface area contributed by atoms with Crippen LogP contribution < -0.4 is 5.32 Å². The molecular weight excluding hydrogens is 174 g/mol. The number of rotatable bonds is 3. The quantitative estimate of drug-likeness (QED) is 0.674. The van der Waals surface area contributed by atoms with E-state index in [9.17, 15) is 0 Å². The van der Waals surface area contributed by atoms with Gasteiger partial charge in [0.15, 0.2) is 0 Å². The lowest BCUT2D eigenvalue weighted by Crippen LogP contribution is -2.46. The van der Waals surface area contributed by atoms with Gasteiger partial charge in [0.1, 0.15) is 0 Å². The molecule has 0 spiro atoms. The van der Waals surface area contributed by atoms with E-state index in [-0.39, 0.29) is 12.4 Å². The summed E-state index contributed by atoms with van der Waals surface area (Å²) >= 11 is 0. The molecule has 0 radical (unpaired) electrons. The number of nitrogens with zero attached hydrogens (tertiary/aromatic N) is 2. The van der Waals surface area contributed by atoms with Crippen LogP contribution in [0.25, 0.3) is 0 Å². The van der Waals surface area contributed by atoms with E-state index >= 15 is 0 Å². The molecule has 3 nitrogen and oxygen atoms in total. The zero-order valence-corrected chi connectivity index (χ0v) is 8.86. The minimum atomic E-state index is 0. The normalized spacial score (nSPS) is 20.5. The molecule has 0 aromatic rings. The number of piperazine rings is 1. The molecule has 0 aromatic heterocycles. The summed E-state index contributed by atoms with van der Waals surface area (Å²) in [5.74, 6) is 0. The van der Waals surface area contributed by atoms with Crippen LogP contribution in [0.15, 0.2) is 0 Å². The topological polar surface area (TPSA) is 18.5 Å². The summed E-state index contributed by atoms with van der Waals surface area (Å²) in [6, 6.07) is 0. The van der Waals surface area contributed by atoms with E-state index in [1.54, 1.807) is 0 Å². The number of hydrogen-bond acceptors (Lipinski definition) is 3. The lowest BCUT2D eigenvalue weighted by Gasteiger charge is -2.32. The molecule has 4 heteroatoms. The number of likely N-dealkylation sites (N-methyl/N-ethyl adjacent to an activating group) is 2. The van der Waals surface area contributed by atoms with E-state index in [1.807, 2.05) is 7.05 Å². The molecule has 0 bridgehead atoms. The highest BCUT2D eigenvalue weighted by Gasteiger charge is 2.11. The van der Waals surface area contributed by atoms with Crippen LogP contribution in [0.3, 0.4) is 0 Å². The van der Waals surface area contributed by atoms with Crippen molar-refractivity contribution in [3.63, 3.8) is 0 Å². The minimum absolute atomic E-state index is 0. The van der Waals surface area contributed by atoms with Crippen molar-refractivity contribution in [3.05, 3.63) is 0 Å². The fraction of sp³-hybridized carbons (Fsp3) is 1.00. The summed E-state index contributed by atoms with van der Waals surface area (Å²) in [5.41, 5.74) is 0. The molecule has 0 aromatic carbocycles. The summed E-state index contributed by atoms with van der Waals surface area (Å²) in [4.78, 5) is 4.90. The van der Waals surface area contributed by atoms with Gasteiger partial charge in [-0.2, -0.15) is 0 Å². The molecule has 0 unspecified atom stereocenters. The van der Waals surface area contributed by atoms with Crippen molar-refractivity contribution in [2.45, 2.75) is 0 Å². The third-order valence-electron chi connectivity index (χ3n) is 2.27. The van der Waals surface area contributed by atoms with Crippen molar-refractivity contribution in [3.8, 4) is 0 Å². The van der Waals surface area contributed by atoms with Crippen LogP contribution in [0, 0.1) is 0 Å². The van der Waals surface area contributed by atoms with Gasteiger partial charge < -0.3 is 10.2 Å². The number of nitrogens with one attached hydrogen (secondary N) is 1. The summed E-state index contributed by atoms with van der Waals surface area (Å²) in [7, 11) is 4.20. The van der Waals surface area contributed by atoms with E-state index in [0.717, 1.165) is 6.54 Å². The molecule has 0 aliphatic carbocycles.